The van der Waals surface area contributed by atoms with E-state index >= 15 is 0 Å². The van der Waals surface area contributed by atoms with Crippen molar-refractivity contribution in [2.75, 3.05) is 19.6 Å². The van der Waals surface area contributed by atoms with Gasteiger partial charge in [-0.3, -0.25) is 4.90 Å². The molecular weight excluding hydrogens is 236 g/mol. The van der Waals surface area contributed by atoms with Crippen LogP contribution in [0.2, 0.25) is 0 Å². The number of likely N-dealkylation sites (tertiary alicyclic amines) is 1. The molecule has 2 unspecified atom stereocenters. The molecule has 1 aromatic rings. The Balaban J connectivity index is 1.75. The molecule has 0 radical (unpaired) electrons. The molecule has 0 aliphatic carbocycles. The standard InChI is InChI=1S/C15H28N4/c1-13(10-18-8-6-16-12-18)19-7-5-14(11-19)9-17-15(2,3)4/h6,8,12-14,17H,5,7,9-11H2,1-4H3. The van der Waals surface area contributed by atoms with Crippen LogP contribution < -0.4 is 5.32 Å². The van der Waals surface area contributed by atoms with E-state index in [1.165, 1.54) is 19.5 Å². The second-order valence-electron chi connectivity index (χ2n) is 6.89. The fraction of sp³-hybridized carbons (Fsp3) is 0.800. The highest BCUT2D eigenvalue weighted by Gasteiger charge is 2.26. The summed E-state index contributed by atoms with van der Waals surface area (Å²) in [6.07, 6.45) is 7.13. The zero-order valence-corrected chi connectivity index (χ0v) is 12.8. The molecule has 4 heteroatoms. The minimum atomic E-state index is 0.232. The summed E-state index contributed by atoms with van der Waals surface area (Å²) in [5.74, 6) is 0.796. The lowest BCUT2D eigenvalue weighted by Crippen LogP contribution is -2.40. The van der Waals surface area contributed by atoms with E-state index in [1.807, 2.05) is 18.7 Å². The van der Waals surface area contributed by atoms with Crippen molar-refractivity contribution in [3.05, 3.63) is 18.7 Å². The first-order chi connectivity index (χ1) is 8.94. The Bertz CT molecular complexity index is 366. The van der Waals surface area contributed by atoms with Crippen LogP contribution in [0, 0.1) is 5.92 Å². The van der Waals surface area contributed by atoms with Crippen LogP contribution >= 0.6 is 0 Å². The Morgan fingerprint density at radius 3 is 2.84 bits per heavy atom. The third kappa shape index (κ3) is 4.62. The van der Waals surface area contributed by atoms with Crippen LogP contribution in [0.3, 0.4) is 0 Å². The van der Waals surface area contributed by atoms with Crippen LogP contribution in [-0.4, -0.2) is 45.7 Å². The molecule has 2 heterocycles. The van der Waals surface area contributed by atoms with Gasteiger partial charge in [-0.25, -0.2) is 4.98 Å². The number of hydrogen-bond acceptors (Lipinski definition) is 3. The summed E-state index contributed by atoms with van der Waals surface area (Å²) in [6, 6.07) is 0.592. The fourth-order valence-electron chi connectivity index (χ4n) is 2.70. The van der Waals surface area contributed by atoms with E-state index in [1.54, 1.807) is 0 Å². The first-order valence-corrected chi connectivity index (χ1v) is 7.39. The summed E-state index contributed by atoms with van der Waals surface area (Å²) in [5, 5.41) is 3.63. The Kier molecular flexibility index (Phi) is 4.63. The highest BCUT2D eigenvalue weighted by atomic mass is 15.2. The SMILES string of the molecule is CC(Cn1ccnc1)N1CCC(CNC(C)(C)C)C1. The second-order valence-corrected chi connectivity index (χ2v) is 6.89. The van der Waals surface area contributed by atoms with Gasteiger partial charge in [0.25, 0.3) is 0 Å². The predicted molar refractivity (Wildman–Crippen MR) is 79.1 cm³/mol. The molecule has 1 aliphatic heterocycles. The maximum atomic E-state index is 4.11. The number of nitrogens with one attached hydrogen (secondary N) is 1. The molecule has 0 spiro atoms. The molecule has 1 aliphatic rings. The van der Waals surface area contributed by atoms with Gasteiger partial charge >= 0.3 is 0 Å². The highest BCUT2D eigenvalue weighted by molar-refractivity contribution is 4.84. The van der Waals surface area contributed by atoms with E-state index in [0.29, 0.717) is 6.04 Å². The van der Waals surface area contributed by atoms with Crippen molar-refractivity contribution in [1.82, 2.24) is 19.8 Å². The smallest absolute Gasteiger partial charge is 0.0946 e. The number of imidazole rings is 1. The van der Waals surface area contributed by atoms with Gasteiger partial charge in [-0.05, 0) is 53.1 Å². The van der Waals surface area contributed by atoms with E-state index < -0.39 is 0 Å². The van der Waals surface area contributed by atoms with Gasteiger partial charge in [-0.2, -0.15) is 0 Å². The van der Waals surface area contributed by atoms with Crippen LogP contribution in [0.4, 0.5) is 0 Å². The fourth-order valence-corrected chi connectivity index (χ4v) is 2.70. The quantitative estimate of drug-likeness (QED) is 0.883. The van der Waals surface area contributed by atoms with Crippen molar-refractivity contribution in [2.24, 2.45) is 5.92 Å². The Morgan fingerprint density at radius 2 is 2.21 bits per heavy atom. The zero-order chi connectivity index (χ0) is 13.9. The summed E-state index contributed by atoms with van der Waals surface area (Å²) in [7, 11) is 0. The monoisotopic (exact) mass is 264 g/mol. The average molecular weight is 264 g/mol. The lowest BCUT2D eigenvalue weighted by molar-refractivity contribution is 0.224. The maximum absolute atomic E-state index is 4.11. The molecule has 1 saturated heterocycles. The first-order valence-electron chi connectivity index (χ1n) is 7.39. The molecule has 108 valence electrons. The van der Waals surface area contributed by atoms with Gasteiger partial charge in [0.2, 0.25) is 0 Å². The van der Waals surface area contributed by atoms with Crippen LogP contribution in [0.1, 0.15) is 34.1 Å². The second kappa shape index (κ2) is 6.06. The molecule has 0 aromatic carbocycles. The molecule has 1 fully saturated rings. The van der Waals surface area contributed by atoms with Gasteiger partial charge < -0.3 is 9.88 Å². The van der Waals surface area contributed by atoms with E-state index in [2.05, 4.69) is 47.5 Å². The van der Waals surface area contributed by atoms with Crippen LogP contribution in [0.15, 0.2) is 18.7 Å². The van der Waals surface area contributed by atoms with Crippen molar-refractivity contribution < 1.29 is 0 Å². The van der Waals surface area contributed by atoms with Crippen molar-refractivity contribution in [2.45, 2.75) is 52.2 Å². The molecule has 0 amide bonds. The minimum absolute atomic E-state index is 0.232. The molecule has 1 N–H and O–H groups in total. The molecule has 0 saturated carbocycles. The lowest BCUT2D eigenvalue weighted by Gasteiger charge is -2.26. The van der Waals surface area contributed by atoms with Gasteiger partial charge in [0, 0.05) is 37.1 Å². The molecule has 2 rings (SSSR count). The molecular formula is C15H28N4. The first kappa shape index (κ1) is 14.5. The molecule has 19 heavy (non-hydrogen) atoms. The lowest BCUT2D eigenvalue weighted by atomic mass is 10.1. The van der Waals surface area contributed by atoms with E-state index in [4.69, 9.17) is 0 Å². The third-order valence-electron chi connectivity index (χ3n) is 3.90. The molecule has 1 aromatic heterocycles. The van der Waals surface area contributed by atoms with Gasteiger partial charge in [-0.1, -0.05) is 0 Å². The third-order valence-corrected chi connectivity index (χ3v) is 3.90. The van der Waals surface area contributed by atoms with Crippen molar-refractivity contribution >= 4 is 0 Å². The van der Waals surface area contributed by atoms with E-state index in [0.717, 1.165) is 19.0 Å². The summed E-state index contributed by atoms with van der Waals surface area (Å²) in [5.41, 5.74) is 0.232. The predicted octanol–water partition coefficient (Wildman–Crippen LogP) is 1.98. The van der Waals surface area contributed by atoms with Gasteiger partial charge in [0.05, 0.1) is 6.33 Å². The van der Waals surface area contributed by atoms with Gasteiger partial charge in [-0.15, -0.1) is 0 Å². The normalized spacial score (nSPS) is 22.8. The number of hydrogen-bond donors (Lipinski definition) is 1. The summed E-state index contributed by atoms with van der Waals surface area (Å²) in [4.78, 5) is 6.71. The van der Waals surface area contributed by atoms with Crippen molar-refractivity contribution in [3.8, 4) is 0 Å². The Hall–Kier alpha value is -0.870. The average Bonchev–Trinajstić information content (AvgIpc) is 2.95. The van der Waals surface area contributed by atoms with Crippen LogP contribution in [-0.2, 0) is 6.54 Å². The zero-order valence-electron chi connectivity index (χ0n) is 12.8. The van der Waals surface area contributed by atoms with E-state index in [9.17, 15) is 0 Å². The van der Waals surface area contributed by atoms with Gasteiger partial charge in [0.15, 0.2) is 0 Å². The Labute approximate surface area is 117 Å². The van der Waals surface area contributed by atoms with Crippen molar-refractivity contribution in [1.29, 1.82) is 0 Å². The van der Waals surface area contributed by atoms with Crippen LogP contribution in [0.25, 0.3) is 0 Å². The number of rotatable bonds is 5. The van der Waals surface area contributed by atoms with E-state index in [-0.39, 0.29) is 5.54 Å². The Morgan fingerprint density at radius 1 is 1.42 bits per heavy atom. The molecule has 2 atom stereocenters. The maximum Gasteiger partial charge on any atom is 0.0946 e. The summed E-state index contributed by atoms with van der Waals surface area (Å²) < 4.78 is 2.17. The highest BCUT2D eigenvalue weighted by Crippen LogP contribution is 2.19. The van der Waals surface area contributed by atoms with Crippen LogP contribution in [0.5, 0.6) is 0 Å². The summed E-state index contributed by atoms with van der Waals surface area (Å²) in [6.45, 7) is 13.7. The topological polar surface area (TPSA) is 33.1 Å². The largest absolute Gasteiger partial charge is 0.336 e. The molecule has 0 bridgehead atoms. The number of nitrogens with zero attached hydrogens (tertiary/aromatic N) is 3. The summed E-state index contributed by atoms with van der Waals surface area (Å²) >= 11 is 0. The molecule has 4 nitrogen and oxygen atoms in total. The van der Waals surface area contributed by atoms with Gasteiger partial charge in [0.1, 0.15) is 0 Å². The minimum Gasteiger partial charge on any atom is -0.336 e. The van der Waals surface area contributed by atoms with Crippen molar-refractivity contribution in [3.63, 3.8) is 0 Å². The number of aromatic nitrogens is 2.